The number of hydrogen-bond acceptors (Lipinski definition) is 5. The van der Waals surface area contributed by atoms with Crippen molar-refractivity contribution in [3.05, 3.63) is 42.3 Å². The van der Waals surface area contributed by atoms with E-state index in [4.69, 9.17) is 5.73 Å². The lowest BCUT2D eigenvalue weighted by molar-refractivity contribution is 0.310. The summed E-state index contributed by atoms with van der Waals surface area (Å²) in [5.74, 6) is 0.776. The minimum absolute atomic E-state index is 0.225. The lowest BCUT2D eigenvalue weighted by Crippen LogP contribution is -1.90. The van der Waals surface area contributed by atoms with Gasteiger partial charge in [0.15, 0.2) is 17.3 Å². The maximum Gasteiger partial charge on any atom is 0.199 e. The van der Waals surface area contributed by atoms with E-state index in [9.17, 15) is 0 Å². The van der Waals surface area contributed by atoms with Gasteiger partial charge in [-0.3, -0.25) is 0 Å². The van der Waals surface area contributed by atoms with Gasteiger partial charge >= 0.3 is 0 Å². The molecule has 2 aromatic heterocycles. The van der Waals surface area contributed by atoms with Gasteiger partial charge in [0.05, 0.1) is 11.9 Å². The Kier molecular flexibility index (Phi) is 2.53. The highest BCUT2D eigenvalue weighted by molar-refractivity contribution is 5.74. The Morgan fingerprint density at radius 3 is 3.06 bits per heavy atom. The third-order valence-corrected chi connectivity index (χ3v) is 2.62. The van der Waals surface area contributed by atoms with E-state index < -0.39 is 0 Å². The van der Waals surface area contributed by atoms with Crippen LogP contribution in [0.15, 0.2) is 41.2 Å². The second-order valence-electron chi connectivity index (χ2n) is 3.83. The smallest absolute Gasteiger partial charge is 0.199 e. The maximum atomic E-state index is 5.62. The molecule has 18 heavy (non-hydrogen) atoms. The molecule has 1 aliphatic rings. The highest BCUT2D eigenvalue weighted by Crippen LogP contribution is 2.22. The molecule has 0 saturated heterocycles. The van der Waals surface area contributed by atoms with Crippen LogP contribution in [0.2, 0.25) is 0 Å². The molecule has 0 atom stereocenters. The van der Waals surface area contributed by atoms with Gasteiger partial charge in [0.25, 0.3) is 0 Å². The van der Waals surface area contributed by atoms with E-state index in [0.29, 0.717) is 11.5 Å². The fourth-order valence-corrected chi connectivity index (χ4v) is 1.73. The number of nitrogens with two attached hydrogens (primary N) is 1. The molecule has 0 bridgehead atoms. The number of imidazole rings is 1. The molecule has 90 valence electrons. The molecule has 3 N–H and O–H groups in total. The molecule has 0 spiro atoms. The van der Waals surface area contributed by atoms with Crippen molar-refractivity contribution in [1.82, 2.24) is 20.3 Å². The first-order valence-corrected chi connectivity index (χ1v) is 5.52. The summed E-state index contributed by atoms with van der Waals surface area (Å²) in [5.41, 5.74) is 8.03. The van der Waals surface area contributed by atoms with Crippen LogP contribution < -0.4 is 5.73 Å². The molecule has 6 heteroatoms. The average molecular weight is 241 g/mol. The number of nitrogens with zero attached hydrogens (tertiary/aromatic N) is 3. The first-order chi connectivity index (χ1) is 8.84. The zero-order chi connectivity index (χ0) is 12.4. The van der Waals surface area contributed by atoms with Gasteiger partial charge in [-0.2, -0.15) is 0 Å². The first kappa shape index (κ1) is 10.5. The van der Waals surface area contributed by atoms with Crippen molar-refractivity contribution in [2.75, 3.05) is 5.73 Å². The summed E-state index contributed by atoms with van der Waals surface area (Å²) in [6.45, 7) is 0. The summed E-state index contributed by atoms with van der Waals surface area (Å²) < 4.78 is 4.55. The highest BCUT2D eigenvalue weighted by Gasteiger charge is 2.13. The molecule has 2 heterocycles. The fourth-order valence-electron chi connectivity index (χ4n) is 1.73. The zero-order valence-electron chi connectivity index (χ0n) is 9.50. The van der Waals surface area contributed by atoms with Gasteiger partial charge in [0, 0.05) is 0 Å². The van der Waals surface area contributed by atoms with Crippen molar-refractivity contribution in [2.45, 2.75) is 6.42 Å². The first-order valence-electron chi connectivity index (χ1n) is 5.52. The van der Waals surface area contributed by atoms with E-state index >= 15 is 0 Å². The molecule has 2 aromatic rings. The minimum Gasteiger partial charge on any atom is -0.379 e. The van der Waals surface area contributed by atoms with Crippen LogP contribution in [0.25, 0.3) is 17.1 Å². The Balaban J connectivity index is 1.95. The number of hydrogen-bond donors (Lipinski definition) is 2. The Morgan fingerprint density at radius 1 is 1.28 bits per heavy atom. The minimum atomic E-state index is 0.225. The van der Waals surface area contributed by atoms with Crippen LogP contribution in [0.1, 0.15) is 12.1 Å². The van der Waals surface area contributed by atoms with Crippen molar-refractivity contribution in [3.63, 3.8) is 0 Å². The average Bonchev–Trinajstić information content (AvgIpc) is 2.91. The standard InChI is InChI=1S/C12H11N5O/c13-11-10(16-18-17-11)12-14-7-9(15-12)8-5-3-1-2-4-6-8/h1-3,5-7H,4H2,(H2,13,17)(H,14,15). The molecule has 0 unspecified atom stereocenters. The predicted octanol–water partition coefficient (Wildman–Crippen LogP) is 1.94. The van der Waals surface area contributed by atoms with Gasteiger partial charge in [-0.05, 0) is 22.3 Å². The Labute approximate surface area is 103 Å². The monoisotopic (exact) mass is 241 g/mol. The van der Waals surface area contributed by atoms with E-state index in [2.05, 4.69) is 37.1 Å². The van der Waals surface area contributed by atoms with Crippen LogP contribution in [-0.2, 0) is 0 Å². The van der Waals surface area contributed by atoms with Crippen molar-refractivity contribution < 1.29 is 4.63 Å². The number of rotatable bonds is 2. The van der Waals surface area contributed by atoms with Gasteiger partial charge in [0.2, 0.25) is 0 Å². The van der Waals surface area contributed by atoms with Crippen molar-refractivity contribution >= 4 is 11.4 Å². The molecule has 0 saturated carbocycles. The molecule has 0 aliphatic heterocycles. The normalized spacial score (nSPS) is 14.6. The predicted molar refractivity (Wildman–Crippen MR) is 67.2 cm³/mol. The van der Waals surface area contributed by atoms with E-state index in [1.807, 2.05) is 18.2 Å². The van der Waals surface area contributed by atoms with Gasteiger partial charge in [0.1, 0.15) is 0 Å². The Morgan fingerprint density at radius 2 is 2.22 bits per heavy atom. The summed E-state index contributed by atoms with van der Waals surface area (Å²) in [7, 11) is 0. The van der Waals surface area contributed by atoms with Crippen molar-refractivity contribution in [1.29, 1.82) is 0 Å². The van der Waals surface area contributed by atoms with Gasteiger partial charge in [-0.1, -0.05) is 30.4 Å². The SMILES string of the molecule is Nc1nonc1-c1ncc(C2=CCC=CC=C2)[nH]1. The summed E-state index contributed by atoms with van der Waals surface area (Å²) >= 11 is 0. The van der Waals surface area contributed by atoms with Crippen LogP contribution in [0.3, 0.4) is 0 Å². The number of aromatic nitrogens is 4. The fraction of sp³-hybridized carbons (Fsp3) is 0.0833. The van der Waals surface area contributed by atoms with E-state index in [1.165, 1.54) is 0 Å². The maximum absolute atomic E-state index is 5.62. The van der Waals surface area contributed by atoms with Gasteiger partial charge in [-0.15, -0.1) is 0 Å². The zero-order valence-corrected chi connectivity index (χ0v) is 9.50. The summed E-state index contributed by atoms with van der Waals surface area (Å²) in [6.07, 6.45) is 12.9. The van der Waals surface area contributed by atoms with Crippen LogP contribution in [0.4, 0.5) is 5.82 Å². The highest BCUT2D eigenvalue weighted by atomic mass is 16.6. The molecule has 0 aromatic carbocycles. The van der Waals surface area contributed by atoms with Crippen LogP contribution in [0, 0.1) is 0 Å². The van der Waals surface area contributed by atoms with Gasteiger partial charge < -0.3 is 10.7 Å². The van der Waals surface area contributed by atoms with Crippen LogP contribution >= 0.6 is 0 Å². The third-order valence-electron chi connectivity index (χ3n) is 2.62. The van der Waals surface area contributed by atoms with Crippen molar-refractivity contribution in [2.24, 2.45) is 0 Å². The summed E-state index contributed by atoms with van der Waals surface area (Å²) in [6, 6.07) is 0. The van der Waals surface area contributed by atoms with Crippen molar-refractivity contribution in [3.8, 4) is 11.5 Å². The van der Waals surface area contributed by atoms with E-state index in [0.717, 1.165) is 17.7 Å². The Bertz CT molecular complexity index is 647. The molecule has 3 rings (SSSR count). The molecule has 6 nitrogen and oxygen atoms in total. The third kappa shape index (κ3) is 1.84. The van der Waals surface area contributed by atoms with E-state index in [-0.39, 0.29) is 5.82 Å². The van der Waals surface area contributed by atoms with E-state index in [1.54, 1.807) is 6.20 Å². The largest absolute Gasteiger partial charge is 0.379 e. The molecule has 0 amide bonds. The second-order valence-corrected chi connectivity index (χ2v) is 3.83. The van der Waals surface area contributed by atoms with Gasteiger partial charge in [-0.25, -0.2) is 9.61 Å². The lowest BCUT2D eigenvalue weighted by Gasteiger charge is -1.96. The number of allylic oxidation sites excluding steroid dienone is 6. The number of aromatic amines is 1. The lowest BCUT2D eigenvalue weighted by atomic mass is 10.1. The molecular weight excluding hydrogens is 230 g/mol. The summed E-state index contributed by atoms with van der Waals surface area (Å²) in [5, 5.41) is 7.23. The molecule has 0 radical (unpaired) electrons. The second kappa shape index (κ2) is 4.33. The Hall–Kier alpha value is -2.63. The van der Waals surface area contributed by atoms with Crippen LogP contribution in [-0.4, -0.2) is 20.3 Å². The number of anilines is 1. The number of H-pyrrole nitrogens is 1. The topological polar surface area (TPSA) is 93.6 Å². The molecule has 1 aliphatic carbocycles. The summed E-state index contributed by atoms with van der Waals surface area (Å²) in [4.78, 5) is 7.39. The van der Waals surface area contributed by atoms with Crippen LogP contribution in [0.5, 0.6) is 0 Å². The number of nitrogen functional groups attached to an aromatic ring is 1. The molecule has 0 fully saturated rings. The molecular formula is C12H11N5O. The number of nitrogens with one attached hydrogen (secondary N) is 1. The quantitative estimate of drug-likeness (QED) is 0.837.